The largest absolute Gasteiger partial charge is 0.417 e. The fraction of sp³-hybridized carbons (Fsp3) is 0.500. The maximum Gasteiger partial charge on any atom is 0.417 e. The van der Waals surface area contributed by atoms with Gasteiger partial charge in [0, 0.05) is 11.4 Å². The predicted molar refractivity (Wildman–Crippen MR) is 71.1 cm³/mol. The van der Waals surface area contributed by atoms with E-state index in [4.69, 9.17) is 11.6 Å². The highest BCUT2D eigenvalue weighted by Gasteiger charge is 2.32. The molecule has 3 nitrogen and oxygen atoms in total. The number of aromatic nitrogens is 3. The third-order valence-electron chi connectivity index (χ3n) is 3.33. The van der Waals surface area contributed by atoms with Crippen molar-refractivity contribution in [3.8, 4) is 0 Å². The van der Waals surface area contributed by atoms with Crippen LogP contribution in [-0.4, -0.2) is 19.8 Å². The van der Waals surface area contributed by atoms with Crippen molar-refractivity contribution in [2.24, 2.45) is 0 Å². The number of halogens is 4. The predicted octanol–water partition coefficient (Wildman–Crippen LogP) is 4.44. The van der Waals surface area contributed by atoms with Gasteiger partial charge < -0.3 is 0 Å². The molecule has 8 heteroatoms. The van der Waals surface area contributed by atoms with Gasteiger partial charge in [-0.3, -0.25) is 4.40 Å². The third-order valence-corrected chi connectivity index (χ3v) is 4.90. The number of hydrogen-bond donors (Lipinski definition) is 0. The smallest absolute Gasteiger partial charge is 0.276 e. The Bertz CT molecular complexity index is 635. The van der Waals surface area contributed by atoms with E-state index in [1.165, 1.54) is 16.2 Å². The van der Waals surface area contributed by atoms with Crippen molar-refractivity contribution in [1.29, 1.82) is 0 Å². The Morgan fingerprint density at radius 3 is 2.60 bits per heavy atom. The second kappa shape index (κ2) is 5.11. The van der Waals surface area contributed by atoms with Gasteiger partial charge in [-0.2, -0.15) is 13.2 Å². The van der Waals surface area contributed by atoms with E-state index >= 15 is 0 Å². The standard InChI is InChI=1S/C12H11ClF3N3S/c13-9-5-7(12(14,15)16)6-19-10(9)17-18-11(19)20-8-3-1-2-4-8/h5-6,8H,1-4H2. The minimum atomic E-state index is -4.43. The van der Waals surface area contributed by atoms with E-state index in [2.05, 4.69) is 10.2 Å². The van der Waals surface area contributed by atoms with Crippen LogP contribution in [0.3, 0.4) is 0 Å². The Kier molecular flexibility index (Phi) is 3.58. The molecule has 0 unspecified atom stereocenters. The summed E-state index contributed by atoms with van der Waals surface area (Å²) in [5.74, 6) is 0. The highest BCUT2D eigenvalue weighted by atomic mass is 35.5. The van der Waals surface area contributed by atoms with Gasteiger partial charge in [0.2, 0.25) is 0 Å². The molecule has 0 radical (unpaired) electrons. The first kappa shape index (κ1) is 14.0. The average Bonchev–Trinajstić information content (AvgIpc) is 2.99. The van der Waals surface area contributed by atoms with Crippen molar-refractivity contribution < 1.29 is 13.2 Å². The summed E-state index contributed by atoms with van der Waals surface area (Å²) >= 11 is 7.34. The van der Waals surface area contributed by atoms with Crippen molar-refractivity contribution in [2.75, 3.05) is 0 Å². The Hall–Kier alpha value is -0.950. The van der Waals surface area contributed by atoms with Crippen LogP contribution in [0.5, 0.6) is 0 Å². The maximum atomic E-state index is 12.8. The van der Waals surface area contributed by atoms with Crippen LogP contribution in [0, 0.1) is 0 Å². The number of fused-ring (bicyclic) bond motifs is 1. The molecule has 1 aliphatic rings. The van der Waals surface area contributed by atoms with E-state index < -0.39 is 11.7 Å². The average molecular weight is 322 g/mol. The lowest BCUT2D eigenvalue weighted by Crippen LogP contribution is -2.07. The van der Waals surface area contributed by atoms with Gasteiger partial charge in [-0.25, -0.2) is 0 Å². The second-order valence-electron chi connectivity index (χ2n) is 4.77. The molecule has 2 heterocycles. The van der Waals surface area contributed by atoms with Crippen molar-refractivity contribution in [2.45, 2.75) is 42.3 Å². The number of thioether (sulfide) groups is 1. The van der Waals surface area contributed by atoms with Crippen LogP contribution < -0.4 is 0 Å². The normalized spacial score (nSPS) is 17.2. The van der Waals surface area contributed by atoms with Gasteiger partial charge in [0.15, 0.2) is 10.8 Å². The van der Waals surface area contributed by atoms with Crippen LogP contribution in [-0.2, 0) is 6.18 Å². The summed E-state index contributed by atoms with van der Waals surface area (Å²) in [4.78, 5) is 0. The van der Waals surface area contributed by atoms with Gasteiger partial charge in [-0.05, 0) is 18.9 Å². The van der Waals surface area contributed by atoms with Crippen LogP contribution in [0.1, 0.15) is 31.2 Å². The first-order chi connectivity index (χ1) is 9.45. The highest BCUT2D eigenvalue weighted by molar-refractivity contribution is 7.99. The summed E-state index contributed by atoms with van der Waals surface area (Å²) in [6.07, 6.45) is 1.01. The molecule has 0 amide bonds. The number of pyridine rings is 1. The SMILES string of the molecule is FC(F)(F)c1cc(Cl)c2nnc(SC3CCCC3)n2c1. The summed E-state index contributed by atoms with van der Waals surface area (Å²) in [5.41, 5.74) is -0.525. The van der Waals surface area contributed by atoms with Gasteiger partial charge in [-0.15, -0.1) is 10.2 Å². The molecule has 108 valence electrons. The van der Waals surface area contributed by atoms with Gasteiger partial charge in [0.05, 0.1) is 10.6 Å². The molecule has 1 aliphatic carbocycles. The Morgan fingerprint density at radius 1 is 1.25 bits per heavy atom. The van der Waals surface area contributed by atoms with E-state index in [0.717, 1.165) is 37.9 Å². The van der Waals surface area contributed by atoms with Gasteiger partial charge >= 0.3 is 6.18 Å². The van der Waals surface area contributed by atoms with Crippen molar-refractivity contribution in [1.82, 2.24) is 14.6 Å². The zero-order valence-electron chi connectivity index (χ0n) is 10.3. The Balaban J connectivity index is 2.02. The van der Waals surface area contributed by atoms with E-state index in [9.17, 15) is 13.2 Å². The molecule has 0 saturated heterocycles. The number of hydrogen-bond acceptors (Lipinski definition) is 3. The van der Waals surface area contributed by atoms with Crippen molar-refractivity contribution in [3.05, 3.63) is 22.8 Å². The van der Waals surface area contributed by atoms with Gasteiger partial charge in [-0.1, -0.05) is 36.2 Å². The molecule has 3 rings (SSSR count). The summed E-state index contributed by atoms with van der Waals surface area (Å²) in [6.45, 7) is 0. The van der Waals surface area contributed by atoms with Crippen LogP contribution in [0.25, 0.3) is 5.65 Å². The first-order valence-electron chi connectivity index (χ1n) is 6.23. The molecule has 0 aromatic carbocycles. The van der Waals surface area contributed by atoms with Crippen LogP contribution in [0.2, 0.25) is 5.02 Å². The number of nitrogens with zero attached hydrogens (tertiary/aromatic N) is 3. The molecule has 0 N–H and O–H groups in total. The Morgan fingerprint density at radius 2 is 1.95 bits per heavy atom. The minimum absolute atomic E-state index is 0.0365. The minimum Gasteiger partial charge on any atom is -0.276 e. The molecule has 20 heavy (non-hydrogen) atoms. The van der Waals surface area contributed by atoms with E-state index in [0.29, 0.717) is 10.4 Å². The summed E-state index contributed by atoms with van der Waals surface area (Å²) in [7, 11) is 0. The molecule has 0 aliphatic heterocycles. The number of rotatable bonds is 2. The molecule has 0 bridgehead atoms. The Labute approximate surface area is 122 Å². The molecule has 0 atom stereocenters. The van der Waals surface area contributed by atoms with Crippen molar-refractivity contribution in [3.63, 3.8) is 0 Å². The monoisotopic (exact) mass is 321 g/mol. The molecular formula is C12H11ClF3N3S. The molecule has 1 saturated carbocycles. The van der Waals surface area contributed by atoms with Crippen LogP contribution in [0.15, 0.2) is 17.4 Å². The summed E-state index contributed by atoms with van der Waals surface area (Å²) in [5, 5.41) is 8.68. The summed E-state index contributed by atoms with van der Waals surface area (Å²) < 4.78 is 39.8. The second-order valence-corrected chi connectivity index (χ2v) is 6.45. The number of alkyl halides is 3. The lowest BCUT2D eigenvalue weighted by Gasteiger charge is -2.10. The quantitative estimate of drug-likeness (QED) is 0.819. The van der Waals surface area contributed by atoms with Crippen LogP contribution in [0.4, 0.5) is 13.2 Å². The van der Waals surface area contributed by atoms with Gasteiger partial charge in [0.1, 0.15) is 0 Å². The molecule has 2 aromatic rings. The fourth-order valence-corrected chi connectivity index (χ4v) is 3.78. The highest BCUT2D eigenvalue weighted by Crippen LogP contribution is 2.36. The molecule has 0 spiro atoms. The topological polar surface area (TPSA) is 30.2 Å². The zero-order valence-corrected chi connectivity index (χ0v) is 11.9. The molecule has 2 aromatic heterocycles. The van der Waals surface area contributed by atoms with E-state index in [-0.39, 0.29) is 10.7 Å². The van der Waals surface area contributed by atoms with Crippen LogP contribution >= 0.6 is 23.4 Å². The summed E-state index contributed by atoms with van der Waals surface area (Å²) in [6, 6.07) is 0.885. The maximum absolute atomic E-state index is 12.8. The zero-order chi connectivity index (χ0) is 14.3. The lowest BCUT2D eigenvalue weighted by molar-refractivity contribution is -0.137. The molecule has 1 fully saturated rings. The van der Waals surface area contributed by atoms with Crippen molar-refractivity contribution >= 4 is 29.0 Å². The fourth-order valence-electron chi connectivity index (χ4n) is 2.32. The third kappa shape index (κ3) is 2.61. The van der Waals surface area contributed by atoms with Gasteiger partial charge in [0.25, 0.3) is 0 Å². The van der Waals surface area contributed by atoms with E-state index in [1.54, 1.807) is 0 Å². The van der Waals surface area contributed by atoms with E-state index in [1.807, 2.05) is 0 Å². The lowest BCUT2D eigenvalue weighted by atomic mass is 10.3. The molecular weight excluding hydrogens is 311 g/mol. The first-order valence-corrected chi connectivity index (χ1v) is 7.49.